The van der Waals surface area contributed by atoms with Crippen molar-refractivity contribution < 1.29 is 4.42 Å². The Bertz CT molecular complexity index is 3420. The highest BCUT2D eigenvalue weighted by atomic mass is 16.3. The molecule has 0 saturated heterocycles. The molecule has 2 heteroatoms. The van der Waals surface area contributed by atoms with E-state index in [1.54, 1.807) is 0 Å². The van der Waals surface area contributed by atoms with Crippen molar-refractivity contribution in [1.29, 1.82) is 0 Å². The molecule has 0 radical (unpaired) electrons. The molecule has 2 nitrogen and oxygen atoms in total. The standard InChI is InChI=1S/C58H47NO/c1-57(2,3)39-27-31-53-49(33-39)50-35-40(58(4,5)6)34-47(56(50)60-53)38-26-30-52-48(32-38)42-18-14-15-23-51(42)59(52)41-28-24-37(25-29-41)55-45-21-12-10-19-43(45)54(36-16-8-7-9-17-36)44-20-11-13-22-46(44)55/h7-35H,1-6H3. The average molecular weight is 774 g/mol. The van der Waals surface area contributed by atoms with E-state index in [1.807, 2.05) is 0 Å². The predicted molar refractivity (Wildman–Crippen MR) is 257 cm³/mol. The maximum absolute atomic E-state index is 6.77. The molecule has 9 aromatic carbocycles. The summed E-state index contributed by atoms with van der Waals surface area (Å²) in [7, 11) is 0. The van der Waals surface area contributed by atoms with Crippen LogP contribution in [0.2, 0.25) is 0 Å². The van der Waals surface area contributed by atoms with Crippen molar-refractivity contribution in [2.75, 3.05) is 0 Å². The lowest BCUT2D eigenvalue weighted by Crippen LogP contribution is -2.11. The van der Waals surface area contributed by atoms with Gasteiger partial charge in [0.2, 0.25) is 0 Å². The molecule has 0 fully saturated rings. The fourth-order valence-electron chi connectivity index (χ4n) is 9.54. The van der Waals surface area contributed by atoms with Gasteiger partial charge in [-0.25, -0.2) is 0 Å². The van der Waals surface area contributed by atoms with Gasteiger partial charge < -0.3 is 8.98 Å². The van der Waals surface area contributed by atoms with Crippen LogP contribution < -0.4 is 0 Å². The largest absolute Gasteiger partial charge is 0.455 e. The molecule has 0 N–H and O–H groups in total. The summed E-state index contributed by atoms with van der Waals surface area (Å²) in [6, 6.07) is 65.0. The van der Waals surface area contributed by atoms with Gasteiger partial charge in [-0.2, -0.15) is 0 Å². The third kappa shape index (κ3) is 5.69. The molecule has 0 spiro atoms. The number of hydrogen-bond acceptors (Lipinski definition) is 1. The Morgan fingerprint density at radius 2 is 0.883 bits per heavy atom. The molecule has 0 aliphatic heterocycles. The molecule has 0 bridgehead atoms. The SMILES string of the molecule is CC(C)(C)c1ccc2oc3c(-c4ccc5c(c4)c4ccccc4n5-c4ccc(-c5c6ccccc6c(-c6ccccc6)c6ccccc56)cc4)cc(C(C)(C)C)cc3c2c1. The summed E-state index contributed by atoms with van der Waals surface area (Å²) < 4.78 is 9.19. The summed E-state index contributed by atoms with van der Waals surface area (Å²) in [6.07, 6.45) is 0. The third-order valence-electron chi connectivity index (χ3n) is 12.7. The number of aromatic nitrogens is 1. The Balaban J connectivity index is 1.08. The van der Waals surface area contributed by atoms with E-state index in [-0.39, 0.29) is 10.8 Å². The zero-order valence-electron chi connectivity index (χ0n) is 35.1. The maximum Gasteiger partial charge on any atom is 0.143 e. The average Bonchev–Trinajstić information content (AvgIpc) is 3.80. The molecule has 11 rings (SSSR count). The molecule has 2 aromatic heterocycles. The molecular weight excluding hydrogens is 727 g/mol. The smallest absolute Gasteiger partial charge is 0.143 e. The Morgan fingerprint density at radius 1 is 0.367 bits per heavy atom. The minimum atomic E-state index is -0.0387. The topological polar surface area (TPSA) is 18.1 Å². The number of rotatable bonds is 4. The van der Waals surface area contributed by atoms with Crippen LogP contribution in [0.3, 0.4) is 0 Å². The first-order chi connectivity index (χ1) is 29.0. The van der Waals surface area contributed by atoms with Crippen molar-refractivity contribution in [2.24, 2.45) is 0 Å². The van der Waals surface area contributed by atoms with Gasteiger partial charge in [0.15, 0.2) is 0 Å². The molecule has 0 atom stereocenters. The van der Waals surface area contributed by atoms with Crippen LogP contribution in [0.15, 0.2) is 180 Å². The van der Waals surface area contributed by atoms with Crippen molar-refractivity contribution in [3.63, 3.8) is 0 Å². The summed E-state index contributed by atoms with van der Waals surface area (Å²) >= 11 is 0. The van der Waals surface area contributed by atoms with E-state index >= 15 is 0 Å². The van der Waals surface area contributed by atoms with E-state index in [9.17, 15) is 0 Å². The van der Waals surface area contributed by atoms with Gasteiger partial charge in [-0.05, 0) is 126 Å². The molecule has 0 saturated carbocycles. The van der Waals surface area contributed by atoms with Crippen molar-refractivity contribution >= 4 is 65.3 Å². The van der Waals surface area contributed by atoms with E-state index in [2.05, 4.69) is 222 Å². The first kappa shape index (κ1) is 36.2. The van der Waals surface area contributed by atoms with Gasteiger partial charge in [-0.15, -0.1) is 0 Å². The summed E-state index contributed by atoms with van der Waals surface area (Å²) in [5.41, 5.74) is 15.3. The molecule has 0 aliphatic carbocycles. The Hall–Kier alpha value is -6.90. The molecule has 11 aromatic rings. The number of fused-ring (bicyclic) bond motifs is 8. The van der Waals surface area contributed by atoms with Gasteiger partial charge in [0.05, 0.1) is 11.0 Å². The van der Waals surface area contributed by atoms with E-state index in [0.717, 1.165) is 28.0 Å². The lowest BCUT2D eigenvalue weighted by molar-refractivity contribution is 0.590. The van der Waals surface area contributed by atoms with Crippen molar-refractivity contribution in [3.8, 4) is 39.1 Å². The quantitative estimate of drug-likeness (QED) is 0.163. The molecule has 0 unspecified atom stereocenters. The van der Waals surface area contributed by atoms with Crippen LogP contribution in [0.5, 0.6) is 0 Å². The number of para-hydroxylation sites is 1. The Labute approximate surface area is 351 Å². The number of hydrogen-bond donors (Lipinski definition) is 0. The first-order valence-corrected chi connectivity index (χ1v) is 21.2. The van der Waals surface area contributed by atoms with E-state index in [4.69, 9.17) is 4.42 Å². The summed E-state index contributed by atoms with van der Waals surface area (Å²) in [4.78, 5) is 0. The molecule has 0 amide bonds. The van der Waals surface area contributed by atoms with Gasteiger partial charge >= 0.3 is 0 Å². The second-order valence-electron chi connectivity index (χ2n) is 18.6. The normalized spacial score (nSPS) is 12.5. The van der Waals surface area contributed by atoms with Crippen molar-refractivity contribution in [1.82, 2.24) is 4.57 Å². The molecule has 0 aliphatic rings. The highest BCUT2D eigenvalue weighted by Crippen LogP contribution is 2.45. The van der Waals surface area contributed by atoms with Crippen LogP contribution in [0, 0.1) is 0 Å². The molecular formula is C58H47NO. The van der Waals surface area contributed by atoms with Crippen LogP contribution in [0.25, 0.3) is 104 Å². The van der Waals surface area contributed by atoms with Gasteiger partial charge in [-0.1, -0.05) is 163 Å². The van der Waals surface area contributed by atoms with Gasteiger partial charge in [0.1, 0.15) is 11.2 Å². The lowest BCUT2D eigenvalue weighted by atomic mass is 9.83. The number of nitrogens with zero attached hydrogens (tertiary/aromatic N) is 1. The Kier molecular flexibility index (Phi) is 8.03. The van der Waals surface area contributed by atoms with Crippen LogP contribution in [0.4, 0.5) is 0 Å². The van der Waals surface area contributed by atoms with E-state index < -0.39 is 0 Å². The van der Waals surface area contributed by atoms with Gasteiger partial charge in [0.25, 0.3) is 0 Å². The zero-order valence-corrected chi connectivity index (χ0v) is 35.1. The van der Waals surface area contributed by atoms with E-state index in [1.165, 1.54) is 87.5 Å². The number of benzene rings is 9. The Morgan fingerprint density at radius 3 is 1.50 bits per heavy atom. The summed E-state index contributed by atoms with van der Waals surface area (Å²) in [6.45, 7) is 13.7. The first-order valence-electron chi connectivity index (χ1n) is 21.2. The van der Waals surface area contributed by atoms with Gasteiger partial charge in [-0.3, -0.25) is 0 Å². The van der Waals surface area contributed by atoms with Crippen LogP contribution in [-0.4, -0.2) is 4.57 Å². The van der Waals surface area contributed by atoms with Crippen LogP contribution in [-0.2, 0) is 10.8 Å². The second-order valence-corrected chi connectivity index (χ2v) is 18.6. The fraction of sp³-hybridized carbons (Fsp3) is 0.138. The lowest BCUT2D eigenvalue weighted by Gasteiger charge is -2.21. The third-order valence-corrected chi connectivity index (χ3v) is 12.7. The molecule has 290 valence electrons. The molecule has 60 heavy (non-hydrogen) atoms. The highest BCUT2D eigenvalue weighted by molar-refractivity contribution is 6.21. The molecule has 2 heterocycles. The van der Waals surface area contributed by atoms with Crippen LogP contribution in [0.1, 0.15) is 52.7 Å². The fourth-order valence-corrected chi connectivity index (χ4v) is 9.54. The summed E-state index contributed by atoms with van der Waals surface area (Å²) in [5.74, 6) is 0. The maximum atomic E-state index is 6.77. The second kappa shape index (κ2) is 13.3. The van der Waals surface area contributed by atoms with Crippen LogP contribution >= 0.6 is 0 Å². The minimum Gasteiger partial charge on any atom is -0.455 e. The highest BCUT2D eigenvalue weighted by Gasteiger charge is 2.24. The summed E-state index contributed by atoms with van der Waals surface area (Å²) in [5, 5.41) is 9.86. The zero-order chi connectivity index (χ0) is 40.9. The van der Waals surface area contributed by atoms with Gasteiger partial charge in [0, 0.05) is 32.8 Å². The van der Waals surface area contributed by atoms with Crippen molar-refractivity contribution in [2.45, 2.75) is 52.4 Å². The van der Waals surface area contributed by atoms with E-state index in [0.29, 0.717) is 0 Å². The van der Waals surface area contributed by atoms with Crippen molar-refractivity contribution in [3.05, 3.63) is 187 Å². The minimum absolute atomic E-state index is 0.0387. The number of furan rings is 1. The monoisotopic (exact) mass is 773 g/mol. The predicted octanol–water partition coefficient (Wildman–Crippen LogP) is 16.6.